The van der Waals surface area contributed by atoms with Crippen LogP contribution >= 0.6 is 0 Å². The highest BCUT2D eigenvalue weighted by Crippen LogP contribution is 2.31. The van der Waals surface area contributed by atoms with Crippen molar-refractivity contribution in [1.82, 2.24) is 4.72 Å². The topological polar surface area (TPSA) is 87.3 Å². The summed E-state index contributed by atoms with van der Waals surface area (Å²) in [5.74, 6) is -2.08. The third-order valence-corrected chi connectivity index (χ3v) is 5.70. The van der Waals surface area contributed by atoms with Crippen molar-refractivity contribution >= 4 is 27.4 Å². The van der Waals surface area contributed by atoms with Crippen LogP contribution in [0.2, 0.25) is 0 Å². The van der Waals surface area contributed by atoms with Gasteiger partial charge in [-0.2, -0.15) is 13.2 Å². The van der Waals surface area contributed by atoms with Crippen molar-refractivity contribution in [3.63, 3.8) is 0 Å². The van der Waals surface area contributed by atoms with Crippen LogP contribution in [-0.4, -0.2) is 27.2 Å². The number of benzene rings is 3. The summed E-state index contributed by atoms with van der Waals surface area (Å²) in [5.41, 5.74) is 0.00353. The highest BCUT2D eigenvalue weighted by Gasteiger charge is 2.30. The normalized spacial score (nSPS) is 11.8. The van der Waals surface area contributed by atoms with E-state index >= 15 is 0 Å². The molecule has 3 aromatic rings. The molecule has 0 bridgehead atoms. The van der Waals surface area contributed by atoms with Crippen LogP contribution in [0.15, 0.2) is 71.6 Å². The van der Waals surface area contributed by atoms with Crippen LogP contribution in [0, 0.1) is 11.6 Å². The molecule has 0 heterocycles. The van der Waals surface area contributed by atoms with Crippen LogP contribution in [0.1, 0.15) is 0 Å². The molecular formula is C21H16F5N3O3S. The molecule has 33 heavy (non-hydrogen) atoms. The van der Waals surface area contributed by atoms with Crippen molar-refractivity contribution in [2.24, 2.45) is 0 Å². The average molecular weight is 485 g/mol. The van der Waals surface area contributed by atoms with Gasteiger partial charge in [-0.3, -0.25) is 0 Å². The second-order valence-electron chi connectivity index (χ2n) is 6.69. The molecule has 2 amide bonds. The first kappa shape index (κ1) is 24.1. The Balaban J connectivity index is 1.96. The number of para-hydroxylation sites is 1. The Labute approximate surface area is 185 Å². The zero-order valence-corrected chi connectivity index (χ0v) is 17.4. The minimum atomic E-state index is -4.78. The number of rotatable bonds is 6. The maximum absolute atomic E-state index is 13.8. The predicted molar refractivity (Wildman–Crippen MR) is 112 cm³/mol. The summed E-state index contributed by atoms with van der Waals surface area (Å²) >= 11 is 0. The van der Waals surface area contributed by atoms with Crippen LogP contribution in [-0.2, 0) is 10.0 Å². The molecule has 0 aliphatic carbocycles. The van der Waals surface area contributed by atoms with E-state index in [2.05, 4.69) is 5.32 Å². The number of halogens is 5. The van der Waals surface area contributed by atoms with E-state index in [1.165, 1.54) is 10.8 Å². The largest absolute Gasteiger partial charge is 0.402 e. The number of urea groups is 1. The number of amides is 2. The first-order chi connectivity index (χ1) is 15.5. The summed E-state index contributed by atoms with van der Waals surface area (Å²) < 4.78 is 91.1. The number of carbonyl (C=O) groups excluding carboxylic acids is 1. The zero-order chi connectivity index (χ0) is 24.2. The molecular weight excluding hydrogens is 469 g/mol. The lowest BCUT2D eigenvalue weighted by Gasteiger charge is -2.15. The number of hydrogen-bond donors (Lipinski definition) is 3. The van der Waals surface area contributed by atoms with E-state index in [0.717, 1.165) is 30.3 Å². The minimum Gasteiger partial charge on any atom is -0.307 e. The van der Waals surface area contributed by atoms with Gasteiger partial charge in [0.15, 0.2) is 0 Å². The van der Waals surface area contributed by atoms with E-state index in [4.69, 9.17) is 0 Å². The van der Waals surface area contributed by atoms with Gasteiger partial charge < -0.3 is 10.6 Å². The molecule has 3 aromatic carbocycles. The maximum Gasteiger partial charge on any atom is 0.402 e. The molecule has 0 fully saturated rings. The summed E-state index contributed by atoms with van der Waals surface area (Å²) in [4.78, 5) is 11.9. The van der Waals surface area contributed by atoms with Gasteiger partial charge in [0.1, 0.15) is 23.9 Å². The number of carbonyl (C=O) groups is 1. The first-order valence-corrected chi connectivity index (χ1v) is 10.7. The monoisotopic (exact) mass is 485 g/mol. The van der Waals surface area contributed by atoms with Crippen molar-refractivity contribution in [2.75, 3.05) is 17.2 Å². The van der Waals surface area contributed by atoms with E-state index < -0.39 is 51.0 Å². The molecule has 6 nitrogen and oxygen atoms in total. The molecule has 0 spiro atoms. The van der Waals surface area contributed by atoms with Crippen molar-refractivity contribution in [3.05, 3.63) is 78.4 Å². The van der Waals surface area contributed by atoms with Crippen molar-refractivity contribution in [3.8, 4) is 11.1 Å². The molecule has 0 saturated heterocycles. The second kappa shape index (κ2) is 9.55. The zero-order valence-electron chi connectivity index (χ0n) is 16.6. The first-order valence-electron chi connectivity index (χ1n) is 9.24. The maximum atomic E-state index is 13.8. The number of alkyl halides is 3. The summed E-state index contributed by atoms with van der Waals surface area (Å²) in [6.45, 7) is -1.79. The average Bonchev–Trinajstić information content (AvgIpc) is 2.75. The molecule has 0 radical (unpaired) electrons. The molecule has 12 heteroatoms. The second-order valence-corrected chi connectivity index (χ2v) is 8.46. The van der Waals surface area contributed by atoms with Gasteiger partial charge >= 0.3 is 12.2 Å². The van der Waals surface area contributed by atoms with E-state index in [0.29, 0.717) is 11.1 Å². The Bertz CT molecular complexity index is 1250. The highest BCUT2D eigenvalue weighted by molar-refractivity contribution is 7.89. The summed E-state index contributed by atoms with van der Waals surface area (Å²) in [5, 5.41) is 4.29. The Morgan fingerprint density at radius 1 is 0.848 bits per heavy atom. The number of anilines is 2. The Hall–Kier alpha value is -3.51. The Morgan fingerprint density at radius 3 is 2.09 bits per heavy atom. The van der Waals surface area contributed by atoms with E-state index in [1.807, 2.05) is 5.32 Å². The molecule has 0 aliphatic heterocycles. The number of nitrogens with one attached hydrogen (secondary N) is 3. The third-order valence-electron chi connectivity index (χ3n) is 4.30. The summed E-state index contributed by atoms with van der Waals surface area (Å²) in [7, 11) is -4.58. The van der Waals surface area contributed by atoms with Gasteiger partial charge in [0.05, 0.1) is 10.6 Å². The lowest BCUT2D eigenvalue weighted by molar-refractivity contribution is -0.121. The molecule has 0 unspecified atom stereocenters. The fourth-order valence-corrected chi connectivity index (χ4v) is 3.85. The third kappa shape index (κ3) is 6.26. The van der Waals surface area contributed by atoms with Gasteiger partial charge in [-0.25, -0.2) is 26.7 Å². The lowest BCUT2D eigenvalue weighted by atomic mass is 10.0. The van der Waals surface area contributed by atoms with Crippen LogP contribution in [0.5, 0.6) is 0 Å². The van der Waals surface area contributed by atoms with Crippen LogP contribution in [0.3, 0.4) is 0 Å². The molecule has 174 valence electrons. The Morgan fingerprint density at radius 2 is 1.48 bits per heavy atom. The summed E-state index contributed by atoms with van der Waals surface area (Å²) in [6, 6.07) is 13.5. The summed E-state index contributed by atoms with van der Waals surface area (Å²) in [6.07, 6.45) is -4.78. The van der Waals surface area contributed by atoms with Crippen LogP contribution in [0.4, 0.5) is 38.1 Å². The van der Waals surface area contributed by atoms with Crippen molar-refractivity contribution in [2.45, 2.75) is 11.1 Å². The van der Waals surface area contributed by atoms with Crippen molar-refractivity contribution < 1.29 is 35.2 Å². The molecule has 0 atom stereocenters. The number of hydrogen-bond acceptors (Lipinski definition) is 3. The highest BCUT2D eigenvalue weighted by atomic mass is 32.2. The van der Waals surface area contributed by atoms with E-state index in [-0.39, 0.29) is 5.69 Å². The number of sulfonamides is 1. The van der Waals surface area contributed by atoms with Gasteiger partial charge in [0.25, 0.3) is 0 Å². The van der Waals surface area contributed by atoms with Crippen LogP contribution < -0.4 is 15.4 Å². The molecule has 3 rings (SSSR count). The fraction of sp³-hybridized carbons (Fsp3) is 0.0952. The SMILES string of the molecule is O=C(Nc1cc(S(=O)(=O)NCC(F)(F)F)ccc1-c1ccccc1)Nc1c(F)cccc1F. The fourth-order valence-electron chi connectivity index (χ4n) is 2.81. The van der Waals surface area contributed by atoms with Gasteiger partial charge in [0, 0.05) is 5.56 Å². The smallest absolute Gasteiger partial charge is 0.307 e. The van der Waals surface area contributed by atoms with Gasteiger partial charge in [-0.1, -0.05) is 42.5 Å². The van der Waals surface area contributed by atoms with Gasteiger partial charge in [-0.05, 0) is 29.8 Å². The van der Waals surface area contributed by atoms with Gasteiger partial charge in [-0.15, -0.1) is 0 Å². The molecule has 0 aromatic heterocycles. The van der Waals surface area contributed by atoms with Crippen LogP contribution in [0.25, 0.3) is 11.1 Å². The van der Waals surface area contributed by atoms with E-state index in [9.17, 15) is 35.2 Å². The molecule has 3 N–H and O–H groups in total. The molecule has 0 aliphatic rings. The van der Waals surface area contributed by atoms with E-state index in [1.54, 1.807) is 30.3 Å². The minimum absolute atomic E-state index is 0.120. The van der Waals surface area contributed by atoms with Gasteiger partial charge in [0.2, 0.25) is 10.0 Å². The Kier molecular flexibility index (Phi) is 6.98. The molecule has 0 saturated carbocycles. The van der Waals surface area contributed by atoms with Crippen molar-refractivity contribution in [1.29, 1.82) is 0 Å². The quantitative estimate of drug-likeness (QED) is 0.424. The lowest BCUT2D eigenvalue weighted by Crippen LogP contribution is -2.33. The predicted octanol–water partition coefficient (Wildman–Crippen LogP) is 5.12. The standard InChI is InChI=1S/C21H16F5N3O3S/c22-16-7-4-8-17(23)19(16)29-20(30)28-18-11-14(33(31,32)27-12-21(24,25)26)9-10-15(18)13-5-2-1-3-6-13/h1-11,27H,12H2,(H2,28,29,30).